The van der Waals surface area contributed by atoms with Gasteiger partial charge < -0.3 is 10.1 Å². The molecule has 110 valence electrons. The second kappa shape index (κ2) is 7.67. The molecule has 0 spiro atoms. The molecular weight excluding hydrogens is 318 g/mol. The van der Waals surface area contributed by atoms with E-state index in [2.05, 4.69) is 40.3 Å². The highest BCUT2D eigenvalue weighted by atomic mass is 79.9. The van der Waals surface area contributed by atoms with Crippen molar-refractivity contribution in [3.05, 3.63) is 28.2 Å². The molecule has 1 saturated carbocycles. The molecule has 0 radical (unpaired) electrons. The van der Waals surface area contributed by atoms with E-state index in [0.29, 0.717) is 6.04 Å². The fourth-order valence-electron chi connectivity index (χ4n) is 2.59. The van der Waals surface area contributed by atoms with Crippen LogP contribution >= 0.6 is 15.9 Å². The van der Waals surface area contributed by atoms with Crippen LogP contribution in [0.5, 0.6) is 5.75 Å². The van der Waals surface area contributed by atoms with Gasteiger partial charge in [-0.15, -0.1) is 0 Å². The van der Waals surface area contributed by atoms with Crippen LogP contribution in [0.15, 0.2) is 22.7 Å². The molecule has 3 nitrogen and oxygen atoms in total. The van der Waals surface area contributed by atoms with Crippen LogP contribution < -0.4 is 10.1 Å². The van der Waals surface area contributed by atoms with Crippen LogP contribution in [-0.2, 0) is 11.2 Å². The van der Waals surface area contributed by atoms with E-state index in [1.54, 1.807) is 0 Å². The normalized spacial score (nSPS) is 15.3. The number of rotatable bonds is 6. The monoisotopic (exact) mass is 339 g/mol. The van der Waals surface area contributed by atoms with Crippen LogP contribution in [0.25, 0.3) is 0 Å². The predicted octanol–water partition coefficient (Wildman–Crippen LogP) is 3.84. The Morgan fingerprint density at radius 3 is 2.80 bits per heavy atom. The van der Waals surface area contributed by atoms with Gasteiger partial charge in [-0.1, -0.05) is 32.3 Å². The van der Waals surface area contributed by atoms with Crippen molar-refractivity contribution in [2.45, 2.75) is 51.5 Å². The molecule has 0 heterocycles. The van der Waals surface area contributed by atoms with Gasteiger partial charge in [-0.2, -0.15) is 0 Å². The van der Waals surface area contributed by atoms with Gasteiger partial charge in [-0.05, 0) is 52.9 Å². The minimum atomic E-state index is -0.0264. The summed E-state index contributed by atoms with van der Waals surface area (Å²) in [6.07, 6.45) is 6.81. The number of aryl methyl sites for hydroxylation is 1. The second-order valence-electron chi connectivity index (χ2n) is 5.35. The molecule has 1 aromatic rings. The van der Waals surface area contributed by atoms with Crippen LogP contribution in [0.2, 0.25) is 0 Å². The molecule has 0 aliphatic heterocycles. The number of nitrogens with one attached hydrogen (secondary N) is 1. The Labute approximate surface area is 129 Å². The Bertz CT molecular complexity index is 456. The SMILES string of the molecule is CCCc1ccc(OCC(=O)NC2CCCC2)c(Br)c1. The standard InChI is InChI=1S/C16H22BrNO2/c1-2-5-12-8-9-15(14(17)10-12)20-11-16(19)18-13-6-3-4-7-13/h8-10,13H,2-7,11H2,1H3,(H,18,19). The van der Waals surface area contributed by atoms with Crippen molar-refractivity contribution in [3.63, 3.8) is 0 Å². The van der Waals surface area contributed by atoms with Gasteiger partial charge in [-0.3, -0.25) is 4.79 Å². The molecule has 1 aliphatic carbocycles. The van der Waals surface area contributed by atoms with Gasteiger partial charge in [-0.25, -0.2) is 0 Å². The molecule has 0 unspecified atom stereocenters. The largest absolute Gasteiger partial charge is 0.483 e. The summed E-state index contributed by atoms with van der Waals surface area (Å²) < 4.78 is 6.50. The molecule has 0 saturated heterocycles. The second-order valence-corrected chi connectivity index (χ2v) is 6.21. The molecule has 1 amide bonds. The highest BCUT2D eigenvalue weighted by Crippen LogP contribution is 2.26. The van der Waals surface area contributed by atoms with Crippen LogP contribution in [-0.4, -0.2) is 18.6 Å². The number of carbonyl (C=O) groups is 1. The third kappa shape index (κ3) is 4.51. The van der Waals surface area contributed by atoms with Gasteiger partial charge in [0.2, 0.25) is 0 Å². The fourth-order valence-corrected chi connectivity index (χ4v) is 3.13. The minimum absolute atomic E-state index is 0.0264. The van der Waals surface area contributed by atoms with Crippen molar-refractivity contribution in [1.29, 1.82) is 0 Å². The van der Waals surface area contributed by atoms with Gasteiger partial charge >= 0.3 is 0 Å². The first-order valence-electron chi connectivity index (χ1n) is 7.39. The summed E-state index contributed by atoms with van der Waals surface area (Å²) in [7, 11) is 0. The zero-order chi connectivity index (χ0) is 14.4. The Kier molecular flexibility index (Phi) is 5.89. The first kappa shape index (κ1) is 15.4. The van der Waals surface area contributed by atoms with Crippen molar-refractivity contribution in [1.82, 2.24) is 5.32 Å². The summed E-state index contributed by atoms with van der Waals surface area (Å²) in [6.45, 7) is 2.24. The zero-order valence-electron chi connectivity index (χ0n) is 12.0. The Hall–Kier alpha value is -1.03. The highest BCUT2D eigenvalue weighted by molar-refractivity contribution is 9.10. The smallest absolute Gasteiger partial charge is 0.258 e. The summed E-state index contributed by atoms with van der Waals surface area (Å²) >= 11 is 3.50. The zero-order valence-corrected chi connectivity index (χ0v) is 13.5. The summed E-state index contributed by atoms with van der Waals surface area (Å²) in [6, 6.07) is 6.39. The van der Waals surface area contributed by atoms with E-state index in [-0.39, 0.29) is 12.5 Å². The lowest BCUT2D eigenvalue weighted by Gasteiger charge is -2.13. The Morgan fingerprint density at radius 2 is 2.15 bits per heavy atom. The van der Waals surface area contributed by atoms with Gasteiger partial charge in [0.25, 0.3) is 5.91 Å². The molecule has 1 N–H and O–H groups in total. The Morgan fingerprint density at radius 1 is 1.40 bits per heavy atom. The van der Waals surface area contributed by atoms with Crippen LogP contribution in [0.4, 0.5) is 0 Å². The predicted molar refractivity (Wildman–Crippen MR) is 84.0 cm³/mol. The maximum Gasteiger partial charge on any atom is 0.258 e. The summed E-state index contributed by atoms with van der Waals surface area (Å²) in [5.41, 5.74) is 1.28. The van der Waals surface area contributed by atoms with Gasteiger partial charge in [0, 0.05) is 6.04 Å². The van der Waals surface area contributed by atoms with Crippen molar-refractivity contribution < 1.29 is 9.53 Å². The number of ether oxygens (including phenoxy) is 1. The van der Waals surface area contributed by atoms with Gasteiger partial charge in [0.1, 0.15) is 5.75 Å². The topological polar surface area (TPSA) is 38.3 Å². The molecule has 1 fully saturated rings. The molecule has 1 aromatic carbocycles. The molecule has 1 aliphatic rings. The van der Waals surface area contributed by atoms with E-state index >= 15 is 0 Å². The number of benzene rings is 1. The van der Waals surface area contributed by atoms with E-state index in [1.165, 1.54) is 18.4 Å². The lowest BCUT2D eigenvalue weighted by Crippen LogP contribution is -2.36. The fraction of sp³-hybridized carbons (Fsp3) is 0.562. The molecule has 2 rings (SSSR count). The molecule has 20 heavy (non-hydrogen) atoms. The molecule has 0 aromatic heterocycles. The Balaban J connectivity index is 1.82. The van der Waals surface area contributed by atoms with E-state index in [9.17, 15) is 4.79 Å². The third-order valence-electron chi connectivity index (χ3n) is 3.61. The van der Waals surface area contributed by atoms with Crippen molar-refractivity contribution >= 4 is 21.8 Å². The molecular formula is C16H22BrNO2. The first-order chi connectivity index (χ1) is 9.69. The van der Waals surface area contributed by atoms with Crippen LogP contribution in [0.1, 0.15) is 44.6 Å². The maximum absolute atomic E-state index is 11.8. The van der Waals surface area contributed by atoms with Crippen LogP contribution in [0, 0.1) is 0 Å². The average Bonchev–Trinajstić information content (AvgIpc) is 2.91. The molecule has 4 heteroatoms. The summed E-state index contributed by atoms with van der Waals surface area (Å²) in [5, 5.41) is 3.02. The number of hydrogen-bond acceptors (Lipinski definition) is 2. The number of halogens is 1. The molecule has 0 atom stereocenters. The lowest BCUT2D eigenvalue weighted by molar-refractivity contribution is -0.123. The third-order valence-corrected chi connectivity index (χ3v) is 4.23. The average molecular weight is 340 g/mol. The lowest BCUT2D eigenvalue weighted by atomic mass is 10.1. The van der Waals surface area contributed by atoms with Gasteiger partial charge in [0.05, 0.1) is 4.47 Å². The quantitative estimate of drug-likeness (QED) is 0.854. The first-order valence-corrected chi connectivity index (χ1v) is 8.19. The van der Waals surface area contributed by atoms with Crippen molar-refractivity contribution in [2.24, 2.45) is 0 Å². The van der Waals surface area contributed by atoms with E-state index in [0.717, 1.165) is 35.9 Å². The number of carbonyl (C=O) groups excluding carboxylic acids is 1. The summed E-state index contributed by atoms with van der Waals surface area (Å²) in [5.74, 6) is 0.702. The van der Waals surface area contributed by atoms with Gasteiger partial charge in [0.15, 0.2) is 6.61 Å². The maximum atomic E-state index is 11.8. The molecule has 0 bridgehead atoms. The minimum Gasteiger partial charge on any atom is -0.483 e. The van der Waals surface area contributed by atoms with Crippen molar-refractivity contribution in [2.75, 3.05) is 6.61 Å². The van der Waals surface area contributed by atoms with E-state index in [4.69, 9.17) is 4.74 Å². The van der Waals surface area contributed by atoms with Crippen molar-refractivity contribution in [3.8, 4) is 5.75 Å². The number of hydrogen-bond donors (Lipinski definition) is 1. The number of amides is 1. The highest BCUT2D eigenvalue weighted by Gasteiger charge is 2.17. The van der Waals surface area contributed by atoms with E-state index in [1.807, 2.05) is 6.07 Å². The van der Waals surface area contributed by atoms with Crippen LogP contribution in [0.3, 0.4) is 0 Å². The van der Waals surface area contributed by atoms with E-state index < -0.39 is 0 Å². The summed E-state index contributed by atoms with van der Waals surface area (Å²) in [4.78, 5) is 11.8.